The van der Waals surface area contributed by atoms with E-state index in [1.54, 1.807) is 0 Å². The molecule has 7 rings (SSSR count). The molecule has 0 N–H and O–H groups in total. The van der Waals surface area contributed by atoms with E-state index in [4.69, 9.17) is 0 Å². The number of hydrogen-bond donors (Lipinski definition) is 0. The van der Waals surface area contributed by atoms with Crippen LogP contribution in [0, 0.1) is 130 Å². The fraction of sp³-hybridized carbons (Fsp3) is 0.514. The van der Waals surface area contributed by atoms with Crippen LogP contribution >= 0.6 is 0 Å². The second-order valence-corrected chi connectivity index (χ2v) is 24.8. The van der Waals surface area contributed by atoms with Gasteiger partial charge in [-0.05, 0) is 110 Å². The third-order valence-electron chi connectivity index (χ3n) is 15.0. The van der Waals surface area contributed by atoms with E-state index in [9.17, 15) is 184 Å². The van der Waals surface area contributed by atoms with Crippen molar-refractivity contribution in [1.82, 2.24) is 0 Å². The van der Waals surface area contributed by atoms with E-state index in [0.717, 1.165) is 63.9 Å². The van der Waals surface area contributed by atoms with Crippen LogP contribution in [0.15, 0.2) is 48.5 Å². The molecule has 0 aromatic heterocycles. The highest BCUT2D eigenvalue weighted by Crippen LogP contribution is 2.40. The highest BCUT2D eigenvalue weighted by molar-refractivity contribution is 5.34. The van der Waals surface area contributed by atoms with Crippen LogP contribution in [-0.2, 0) is 44.0 Å². The van der Waals surface area contributed by atoms with E-state index in [2.05, 4.69) is 13.8 Å². The van der Waals surface area contributed by atoms with E-state index in [0.29, 0.717) is 19.4 Å². The van der Waals surface area contributed by atoms with Gasteiger partial charge < -0.3 is 0 Å². The first-order valence-corrected chi connectivity index (χ1v) is 33.4. The lowest BCUT2D eigenvalue weighted by Crippen LogP contribution is -2.53. The molecular weight excluding hydrogens is 1690 g/mol. The first-order chi connectivity index (χ1) is 52.7. The van der Waals surface area contributed by atoms with E-state index in [1.165, 1.54) is 58.4 Å². The zero-order valence-corrected chi connectivity index (χ0v) is 62.8. The third kappa shape index (κ3) is 34.0. The number of alkyl halides is 24. The molecule has 0 aliphatic heterocycles. The molecule has 116 heavy (non-hydrogen) atoms. The van der Waals surface area contributed by atoms with Gasteiger partial charge >= 0.3 is 12.4 Å². The molecule has 0 amide bonds. The van der Waals surface area contributed by atoms with Crippen molar-refractivity contribution in [3.8, 4) is 0 Å². The summed E-state index contributed by atoms with van der Waals surface area (Å²) in [4.78, 5) is 0. The molecule has 6 aromatic rings. The molecule has 1 aliphatic rings. The lowest BCUT2D eigenvalue weighted by atomic mass is 9.81. The first kappa shape index (κ1) is 113. The Kier molecular flexibility index (Phi) is 48.2. The highest BCUT2D eigenvalue weighted by atomic mass is 19.4. The predicted molar refractivity (Wildman–Crippen MR) is 345 cm³/mol. The summed E-state index contributed by atoms with van der Waals surface area (Å²) in [6, 6.07) is 9.77. The molecule has 0 radical (unpaired) electrons. The number of halogens is 42. The van der Waals surface area contributed by atoms with Gasteiger partial charge in [0.05, 0.1) is 22.6 Å². The summed E-state index contributed by atoms with van der Waals surface area (Å²) in [7, 11) is 0. The summed E-state index contributed by atoms with van der Waals surface area (Å²) in [6.07, 6.45) is -34.8. The zero-order chi connectivity index (χ0) is 92.1. The number of hydrogen-bond acceptors (Lipinski definition) is 0. The summed E-state index contributed by atoms with van der Waals surface area (Å²) in [5.41, 5.74) is -6.01. The second kappa shape index (κ2) is 49.7. The summed E-state index contributed by atoms with van der Waals surface area (Å²) in [5.74, 6) is -47.8. The van der Waals surface area contributed by atoms with Crippen molar-refractivity contribution < 1.29 is 184 Å². The largest absolute Gasteiger partial charge is 0.416 e. The molecule has 8 unspecified atom stereocenters. The van der Waals surface area contributed by atoms with E-state index in [-0.39, 0.29) is 32.6 Å². The van der Waals surface area contributed by atoms with Gasteiger partial charge in [0.15, 0.2) is 100.0 Å². The lowest BCUT2D eigenvalue weighted by molar-refractivity contribution is -0.138. The topological polar surface area (TPSA) is 0 Å². The molecular formula is C74H76F42. The van der Waals surface area contributed by atoms with Crippen LogP contribution < -0.4 is 0 Å². The standard InChI is InChI=1S/C10H6F8.C10H10F4.C9H6F6.C9H8F4.C9H9F3.C8H11F5.C8H5F5.C5H7F5.C3H6F2.C3H8/c1-2(11)3(10(17)18)4-5(12)7(14)9(16)8(15)6(4)13;1-7(11)6-8-2-4-9(5-3-8)10(12,13)14;1-3-5(10)4(9(2,14)15)7(12)8(13)6(3)11;1-3-5-6(10)4(2)7(11)9(13)8(5)12;1-2-7-3-5-8(6-4-7)9(10,11)12;2*1-2-3-4(9)6(11)8(13)7(12)5(3)10;1-2(6)3(4(7)8)5(9)10;1-3(2,4)5;1-3-2/h2-3,10H,1H3;2-5,7H,6H2,1H3;1-2H3;3H2,1-2H3;3-6H,2H2,1H3;3-8H,2H2,1H3;2H2,1H3;2-5H,1H3;1-2H3;3H2,1-2H3. The Labute approximate surface area is 638 Å². The van der Waals surface area contributed by atoms with Crippen LogP contribution in [0.4, 0.5) is 184 Å². The second-order valence-electron chi connectivity index (χ2n) is 24.8. The Balaban J connectivity index is -0.00000125. The van der Waals surface area contributed by atoms with Gasteiger partial charge in [0.25, 0.3) is 5.92 Å². The SMILES string of the molecule is CC(C)(F)F.CC(F)C(C(F)F)C(F)F.CC(F)C(c1c(F)c(F)c(F)c(F)c1F)C(F)F.CC(F)Cc1ccc(C(F)(F)F)cc1.CCC.CCC1C(F)C(F)C(F)C(F)C1F.CCc1c(F)c(C)c(F)c(F)c1F.CCc1c(F)c(F)c(F)c(F)c1F.CCc1ccc(C(F)(F)F)cc1.Cc1c(F)c(F)c(F)c(C(C)(F)F)c1F. The molecule has 0 saturated heterocycles. The van der Waals surface area contributed by atoms with Crippen LogP contribution in [0.2, 0.25) is 0 Å². The van der Waals surface area contributed by atoms with Gasteiger partial charge in [-0.2, -0.15) is 26.3 Å². The minimum Gasteiger partial charge on any atom is -0.247 e. The average Bonchev–Trinajstić information content (AvgIpc) is 0.777. The molecule has 1 fully saturated rings. The van der Waals surface area contributed by atoms with Crippen molar-refractivity contribution in [3.05, 3.63) is 209 Å². The molecule has 42 heteroatoms. The van der Waals surface area contributed by atoms with Gasteiger partial charge in [-0.15, -0.1) is 0 Å². The minimum atomic E-state index is -4.32. The maximum absolute atomic E-state index is 13.2. The van der Waals surface area contributed by atoms with E-state index >= 15 is 0 Å². The lowest BCUT2D eigenvalue weighted by Gasteiger charge is -2.35. The van der Waals surface area contributed by atoms with Crippen molar-refractivity contribution in [3.63, 3.8) is 0 Å². The van der Waals surface area contributed by atoms with Crippen molar-refractivity contribution >= 4 is 0 Å². The molecule has 0 heterocycles. The molecule has 8 atom stereocenters. The van der Waals surface area contributed by atoms with Gasteiger partial charge in [0.2, 0.25) is 36.8 Å². The van der Waals surface area contributed by atoms with Crippen molar-refractivity contribution in [2.24, 2.45) is 11.8 Å². The first-order valence-electron chi connectivity index (χ1n) is 33.4. The Hall–Kier alpha value is -7.62. The minimum absolute atomic E-state index is 0.00426. The normalized spacial score (nSPS) is 17.0. The number of benzene rings is 6. The van der Waals surface area contributed by atoms with Crippen LogP contribution in [0.5, 0.6) is 0 Å². The van der Waals surface area contributed by atoms with Crippen LogP contribution in [0.25, 0.3) is 0 Å². The molecule has 1 aliphatic carbocycles. The van der Waals surface area contributed by atoms with E-state index < -0.39 is 260 Å². The van der Waals surface area contributed by atoms with Gasteiger partial charge in [-0.25, -0.2) is 158 Å². The van der Waals surface area contributed by atoms with Crippen molar-refractivity contribution in [2.75, 3.05) is 0 Å². The van der Waals surface area contributed by atoms with Gasteiger partial charge in [-0.3, -0.25) is 0 Å². The van der Waals surface area contributed by atoms with Gasteiger partial charge in [-0.1, -0.05) is 72.2 Å². The summed E-state index contributed by atoms with van der Waals surface area (Å²) >= 11 is 0. The third-order valence-corrected chi connectivity index (χ3v) is 15.0. The Morgan fingerprint density at radius 3 is 0.853 bits per heavy atom. The van der Waals surface area contributed by atoms with Crippen LogP contribution in [-0.4, -0.2) is 74.6 Å². The van der Waals surface area contributed by atoms with Gasteiger partial charge in [0.1, 0.15) is 48.4 Å². The fourth-order valence-electron chi connectivity index (χ4n) is 8.91. The maximum Gasteiger partial charge on any atom is 0.416 e. The van der Waals surface area contributed by atoms with Gasteiger partial charge in [0, 0.05) is 47.1 Å². The monoisotopic (exact) mass is 1760 g/mol. The number of aryl methyl sites for hydroxylation is 1. The van der Waals surface area contributed by atoms with E-state index in [1.807, 2.05) is 6.92 Å². The fourth-order valence-corrected chi connectivity index (χ4v) is 8.91. The van der Waals surface area contributed by atoms with Crippen molar-refractivity contribution in [2.45, 2.75) is 234 Å². The molecule has 1 saturated carbocycles. The number of rotatable bonds is 13. The quantitative estimate of drug-likeness (QED) is 0.0614. The molecule has 0 bridgehead atoms. The zero-order valence-electron chi connectivity index (χ0n) is 62.8. The smallest absolute Gasteiger partial charge is 0.247 e. The summed E-state index contributed by atoms with van der Waals surface area (Å²) in [6.45, 7) is 16.7. The Morgan fingerprint density at radius 1 is 0.328 bits per heavy atom. The Morgan fingerprint density at radius 2 is 0.603 bits per heavy atom. The average molecular weight is 1760 g/mol. The predicted octanol–water partition coefficient (Wildman–Crippen LogP) is 29.0. The summed E-state index contributed by atoms with van der Waals surface area (Å²) in [5, 5.41) is 0. The molecule has 0 spiro atoms. The Bertz CT molecular complexity index is 3660. The highest BCUT2D eigenvalue weighted by Gasteiger charge is 2.53. The molecule has 6 aromatic carbocycles. The van der Waals surface area contributed by atoms with Crippen molar-refractivity contribution in [1.29, 1.82) is 0 Å². The summed E-state index contributed by atoms with van der Waals surface area (Å²) < 4.78 is 521. The van der Waals surface area contributed by atoms with Crippen LogP contribution in [0.3, 0.4) is 0 Å². The molecule has 0 nitrogen and oxygen atoms in total. The molecule has 666 valence electrons. The van der Waals surface area contributed by atoms with Crippen LogP contribution in [0.1, 0.15) is 157 Å². The maximum atomic E-state index is 13.2.